The van der Waals surface area contributed by atoms with Gasteiger partial charge >= 0.3 is 0 Å². The number of hydrogen-bond donors (Lipinski definition) is 2. The van der Waals surface area contributed by atoms with E-state index >= 15 is 0 Å². The van der Waals surface area contributed by atoms with Crippen molar-refractivity contribution in [1.82, 2.24) is 15.2 Å². The van der Waals surface area contributed by atoms with E-state index in [0.717, 1.165) is 12.1 Å². The highest BCUT2D eigenvalue weighted by atomic mass is 19.1. The normalized spacial score (nSPS) is 10.3. The average Bonchev–Trinajstić information content (AvgIpc) is 2.43. The summed E-state index contributed by atoms with van der Waals surface area (Å²) >= 11 is 0. The zero-order valence-corrected chi connectivity index (χ0v) is 10.7. The molecule has 1 heterocycles. The minimum atomic E-state index is -0.730. The SMILES string of the molecule is COCCNc1cnnc(Nc2ccc(F)cc2F)n1. The van der Waals surface area contributed by atoms with Crippen molar-refractivity contribution in [3.8, 4) is 0 Å². The molecule has 0 aliphatic heterocycles. The first-order chi connectivity index (χ1) is 9.69. The summed E-state index contributed by atoms with van der Waals surface area (Å²) in [5, 5.41) is 13.1. The largest absolute Gasteiger partial charge is 0.383 e. The van der Waals surface area contributed by atoms with Gasteiger partial charge in [-0.1, -0.05) is 0 Å². The molecule has 0 saturated heterocycles. The summed E-state index contributed by atoms with van der Waals surface area (Å²) in [5.74, 6) is -0.798. The molecule has 2 rings (SSSR count). The van der Waals surface area contributed by atoms with Gasteiger partial charge in [-0.05, 0) is 12.1 Å². The van der Waals surface area contributed by atoms with E-state index in [1.54, 1.807) is 7.11 Å². The van der Waals surface area contributed by atoms with Crippen LogP contribution in [-0.2, 0) is 4.74 Å². The Morgan fingerprint density at radius 3 is 2.90 bits per heavy atom. The molecule has 0 bridgehead atoms. The molecule has 0 aliphatic rings. The fourth-order valence-electron chi connectivity index (χ4n) is 1.43. The number of nitrogens with zero attached hydrogens (tertiary/aromatic N) is 3. The molecule has 6 nitrogen and oxygen atoms in total. The smallest absolute Gasteiger partial charge is 0.249 e. The lowest BCUT2D eigenvalue weighted by molar-refractivity contribution is 0.210. The van der Waals surface area contributed by atoms with Crippen molar-refractivity contribution in [1.29, 1.82) is 0 Å². The van der Waals surface area contributed by atoms with Crippen molar-refractivity contribution in [2.45, 2.75) is 0 Å². The van der Waals surface area contributed by atoms with Crippen LogP contribution in [0.2, 0.25) is 0 Å². The van der Waals surface area contributed by atoms with Gasteiger partial charge in [-0.2, -0.15) is 10.1 Å². The number of rotatable bonds is 6. The lowest BCUT2D eigenvalue weighted by Gasteiger charge is -2.07. The predicted molar refractivity (Wildman–Crippen MR) is 69.8 cm³/mol. The van der Waals surface area contributed by atoms with Crippen LogP contribution >= 0.6 is 0 Å². The molecule has 106 valence electrons. The van der Waals surface area contributed by atoms with E-state index in [2.05, 4.69) is 25.8 Å². The van der Waals surface area contributed by atoms with Gasteiger partial charge in [0.05, 0.1) is 18.5 Å². The quantitative estimate of drug-likeness (QED) is 0.789. The highest BCUT2D eigenvalue weighted by molar-refractivity contribution is 5.54. The maximum absolute atomic E-state index is 13.5. The predicted octanol–water partition coefficient (Wildman–Crippen LogP) is 1.95. The summed E-state index contributed by atoms with van der Waals surface area (Å²) in [6.45, 7) is 1.07. The van der Waals surface area contributed by atoms with Crippen LogP contribution in [0.3, 0.4) is 0 Å². The van der Waals surface area contributed by atoms with Gasteiger partial charge in [0.1, 0.15) is 11.6 Å². The summed E-state index contributed by atoms with van der Waals surface area (Å²) in [7, 11) is 1.59. The number of anilines is 3. The number of halogens is 2. The Balaban J connectivity index is 2.07. The maximum Gasteiger partial charge on any atom is 0.249 e. The van der Waals surface area contributed by atoms with Gasteiger partial charge in [-0.3, -0.25) is 0 Å². The van der Waals surface area contributed by atoms with Gasteiger partial charge in [0, 0.05) is 19.7 Å². The lowest BCUT2D eigenvalue weighted by atomic mass is 10.3. The zero-order chi connectivity index (χ0) is 14.4. The van der Waals surface area contributed by atoms with Crippen LogP contribution in [-0.4, -0.2) is 35.4 Å². The summed E-state index contributed by atoms with van der Waals surface area (Å²) in [5.41, 5.74) is 0.0715. The molecule has 1 aromatic carbocycles. The Kier molecular flexibility index (Phi) is 4.72. The maximum atomic E-state index is 13.5. The van der Waals surface area contributed by atoms with Crippen LogP contribution in [0.25, 0.3) is 0 Å². The molecule has 1 aromatic heterocycles. The third kappa shape index (κ3) is 3.82. The molecule has 8 heteroatoms. The fraction of sp³-hybridized carbons (Fsp3) is 0.250. The van der Waals surface area contributed by atoms with Crippen molar-refractivity contribution in [2.24, 2.45) is 0 Å². The van der Waals surface area contributed by atoms with Crippen LogP contribution in [0.15, 0.2) is 24.4 Å². The molecule has 2 N–H and O–H groups in total. The Labute approximate surface area is 114 Å². The first-order valence-corrected chi connectivity index (χ1v) is 5.83. The Hall–Kier alpha value is -2.35. The molecule has 0 saturated carbocycles. The monoisotopic (exact) mass is 281 g/mol. The van der Waals surface area contributed by atoms with E-state index in [9.17, 15) is 8.78 Å². The van der Waals surface area contributed by atoms with E-state index in [1.807, 2.05) is 0 Å². The first-order valence-electron chi connectivity index (χ1n) is 5.83. The van der Waals surface area contributed by atoms with Crippen molar-refractivity contribution in [2.75, 3.05) is 30.9 Å². The molecule has 0 radical (unpaired) electrons. The number of aromatic nitrogens is 3. The number of hydrogen-bond acceptors (Lipinski definition) is 6. The minimum Gasteiger partial charge on any atom is -0.383 e. The Morgan fingerprint density at radius 2 is 2.15 bits per heavy atom. The summed E-state index contributed by atoms with van der Waals surface area (Å²) in [4.78, 5) is 4.09. The molecule has 20 heavy (non-hydrogen) atoms. The third-order valence-electron chi connectivity index (χ3n) is 2.35. The highest BCUT2D eigenvalue weighted by Crippen LogP contribution is 2.18. The number of nitrogens with one attached hydrogen (secondary N) is 2. The third-order valence-corrected chi connectivity index (χ3v) is 2.35. The van der Waals surface area contributed by atoms with E-state index in [4.69, 9.17) is 4.74 Å². The molecule has 0 atom stereocenters. The van der Waals surface area contributed by atoms with Crippen LogP contribution in [0.4, 0.5) is 26.2 Å². The van der Waals surface area contributed by atoms with Crippen molar-refractivity contribution >= 4 is 17.5 Å². The van der Waals surface area contributed by atoms with Gasteiger partial charge in [-0.25, -0.2) is 8.78 Å². The molecular weight excluding hydrogens is 268 g/mol. The average molecular weight is 281 g/mol. The van der Waals surface area contributed by atoms with Crippen LogP contribution in [0.1, 0.15) is 0 Å². The zero-order valence-electron chi connectivity index (χ0n) is 10.7. The van der Waals surface area contributed by atoms with Gasteiger partial charge in [-0.15, -0.1) is 5.10 Å². The van der Waals surface area contributed by atoms with Crippen LogP contribution in [0, 0.1) is 11.6 Å². The van der Waals surface area contributed by atoms with Crippen molar-refractivity contribution < 1.29 is 13.5 Å². The highest BCUT2D eigenvalue weighted by Gasteiger charge is 2.06. The Morgan fingerprint density at radius 1 is 1.30 bits per heavy atom. The summed E-state index contributed by atoms with van der Waals surface area (Å²) in [6.07, 6.45) is 1.43. The fourth-order valence-corrected chi connectivity index (χ4v) is 1.43. The molecular formula is C12H13F2N5O. The molecule has 2 aromatic rings. The number of methoxy groups -OCH3 is 1. The number of benzene rings is 1. The lowest BCUT2D eigenvalue weighted by Crippen LogP contribution is -2.10. The van der Waals surface area contributed by atoms with Crippen LogP contribution < -0.4 is 10.6 Å². The molecule has 0 fully saturated rings. The number of ether oxygens (including phenoxy) is 1. The minimum absolute atomic E-state index is 0.0715. The van der Waals surface area contributed by atoms with Crippen molar-refractivity contribution in [3.63, 3.8) is 0 Å². The van der Waals surface area contributed by atoms with E-state index < -0.39 is 11.6 Å². The second-order valence-electron chi connectivity index (χ2n) is 3.83. The van der Waals surface area contributed by atoms with Crippen LogP contribution in [0.5, 0.6) is 0 Å². The second-order valence-corrected chi connectivity index (χ2v) is 3.83. The van der Waals surface area contributed by atoms with E-state index in [-0.39, 0.29) is 11.6 Å². The van der Waals surface area contributed by atoms with Gasteiger partial charge in [0.15, 0.2) is 5.82 Å². The van der Waals surface area contributed by atoms with E-state index in [0.29, 0.717) is 19.0 Å². The summed E-state index contributed by atoms with van der Waals surface area (Å²) < 4.78 is 31.2. The molecule has 0 unspecified atom stereocenters. The topological polar surface area (TPSA) is 72.0 Å². The molecule has 0 spiro atoms. The molecule has 0 amide bonds. The first kappa shape index (κ1) is 14.1. The molecule has 0 aliphatic carbocycles. The van der Waals surface area contributed by atoms with Gasteiger partial charge < -0.3 is 15.4 Å². The van der Waals surface area contributed by atoms with Gasteiger partial charge in [0.25, 0.3) is 0 Å². The summed E-state index contributed by atoms with van der Waals surface area (Å²) in [6, 6.07) is 3.18. The Bertz CT molecular complexity index is 582. The van der Waals surface area contributed by atoms with Crippen molar-refractivity contribution in [3.05, 3.63) is 36.0 Å². The van der Waals surface area contributed by atoms with E-state index in [1.165, 1.54) is 12.3 Å². The standard InChI is InChI=1S/C12H13F2N5O/c1-20-5-4-15-11-7-16-19-12(18-11)17-10-3-2-8(13)6-9(10)14/h2-3,6-7H,4-5H2,1H3,(H2,15,17,18,19). The van der Waals surface area contributed by atoms with Gasteiger partial charge in [0.2, 0.25) is 5.95 Å². The second kappa shape index (κ2) is 6.71.